The molecule has 0 aromatic heterocycles. The lowest BCUT2D eigenvalue weighted by atomic mass is 9.98. The number of ether oxygens (including phenoxy) is 2. The SMILES string of the molecule is O=C(OCC1CCNCC1)C1CCOCC1. The molecule has 92 valence electrons. The van der Waals surface area contributed by atoms with Crippen LogP contribution in [0.3, 0.4) is 0 Å². The minimum Gasteiger partial charge on any atom is -0.465 e. The van der Waals surface area contributed by atoms with Crippen LogP contribution in [0.15, 0.2) is 0 Å². The number of rotatable bonds is 3. The molecule has 2 fully saturated rings. The van der Waals surface area contributed by atoms with Crippen LogP contribution < -0.4 is 5.32 Å². The largest absolute Gasteiger partial charge is 0.465 e. The molecule has 16 heavy (non-hydrogen) atoms. The van der Waals surface area contributed by atoms with Gasteiger partial charge < -0.3 is 14.8 Å². The summed E-state index contributed by atoms with van der Waals surface area (Å²) < 4.78 is 10.6. The summed E-state index contributed by atoms with van der Waals surface area (Å²) >= 11 is 0. The molecule has 0 aromatic carbocycles. The summed E-state index contributed by atoms with van der Waals surface area (Å²) in [5, 5.41) is 3.31. The molecule has 4 heteroatoms. The fourth-order valence-corrected chi connectivity index (χ4v) is 2.30. The Hall–Kier alpha value is -0.610. The average Bonchev–Trinajstić information content (AvgIpc) is 2.38. The van der Waals surface area contributed by atoms with Crippen LogP contribution >= 0.6 is 0 Å². The van der Waals surface area contributed by atoms with E-state index in [9.17, 15) is 4.79 Å². The Labute approximate surface area is 96.7 Å². The minimum atomic E-state index is -0.0122. The molecular weight excluding hydrogens is 206 g/mol. The van der Waals surface area contributed by atoms with E-state index in [0.29, 0.717) is 25.7 Å². The summed E-state index contributed by atoms with van der Waals surface area (Å²) in [4.78, 5) is 11.7. The predicted molar refractivity (Wildman–Crippen MR) is 60.1 cm³/mol. The maximum Gasteiger partial charge on any atom is 0.309 e. The third-order valence-electron chi connectivity index (χ3n) is 3.47. The van der Waals surface area contributed by atoms with Gasteiger partial charge in [0.15, 0.2) is 0 Å². The highest BCUT2D eigenvalue weighted by atomic mass is 16.5. The third-order valence-corrected chi connectivity index (χ3v) is 3.47. The summed E-state index contributed by atoms with van der Waals surface area (Å²) in [6.45, 7) is 4.12. The van der Waals surface area contributed by atoms with E-state index in [2.05, 4.69) is 5.32 Å². The second-order valence-corrected chi connectivity index (χ2v) is 4.71. The number of nitrogens with one attached hydrogen (secondary N) is 1. The molecule has 2 heterocycles. The molecule has 2 aliphatic heterocycles. The number of piperidine rings is 1. The molecule has 0 unspecified atom stereocenters. The summed E-state index contributed by atoms with van der Waals surface area (Å²) in [6, 6.07) is 0. The molecule has 4 nitrogen and oxygen atoms in total. The highest BCUT2D eigenvalue weighted by molar-refractivity contribution is 5.72. The first-order valence-electron chi connectivity index (χ1n) is 6.31. The standard InChI is InChI=1S/C12H21NO3/c14-12(11-3-7-15-8-4-11)16-9-10-1-5-13-6-2-10/h10-11,13H,1-9H2. The molecule has 0 radical (unpaired) electrons. The Balaban J connectivity index is 1.65. The molecule has 0 spiro atoms. The van der Waals surface area contributed by atoms with E-state index in [1.165, 1.54) is 0 Å². The molecule has 0 bridgehead atoms. The normalized spacial score (nSPS) is 24.2. The van der Waals surface area contributed by atoms with E-state index in [1.54, 1.807) is 0 Å². The van der Waals surface area contributed by atoms with Crippen molar-refractivity contribution in [1.82, 2.24) is 5.32 Å². The Morgan fingerprint density at radius 3 is 2.56 bits per heavy atom. The fraction of sp³-hybridized carbons (Fsp3) is 0.917. The summed E-state index contributed by atoms with van der Waals surface area (Å²) in [5.41, 5.74) is 0. The second kappa shape index (κ2) is 6.21. The van der Waals surface area contributed by atoms with E-state index in [4.69, 9.17) is 9.47 Å². The van der Waals surface area contributed by atoms with Crippen molar-refractivity contribution >= 4 is 5.97 Å². The van der Waals surface area contributed by atoms with Crippen molar-refractivity contribution in [2.24, 2.45) is 11.8 Å². The number of carbonyl (C=O) groups is 1. The molecule has 0 amide bonds. The Morgan fingerprint density at radius 1 is 1.19 bits per heavy atom. The molecule has 0 aliphatic carbocycles. The number of esters is 1. The van der Waals surface area contributed by atoms with Gasteiger partial charge in [-0.25, -0.2) is 0 Å². The van der Waals surface area contributed by atoms with Crippen LogP contribution in [-0.2, 0) is 14.3 Å². The van der Waals surface area contributed by atoms with Crippen molar-refractivity contribution in [2.75, 3.05) is 32.9 Å². The van der Waals surface area contributed by atoms with Gasteiger partial charge in [0.05, 0.1) is 12.5 Å². The van der Waals surface area contributed by atoms with Crippen molar-refractivity contribution in [3.63, 3.8) is 0 Å². The molecular formula is C12H21NO3. The fourth-order valence-electron chi connectivity index (χ4n) is 2.30. The average molecular weight is 227 g/mol. The first-order valence-corrected chi connectivity index (χ1v) is 6.31. The van der Waals surface area contributed by atoms with E-state index in [0.717, 1.165) is 38.8 Å². The van der Waals surface area contributed by atoms with Crippen molar-refractivity contribution in [2.45, 2.75) is 25.7 Å². The topological polar surface area (TPSA) is 47.6 Å². The minimum absolute atomic E-state index is 0.0122. The highest BCUT2D eigenvalue weighted by Gasteiger charge is 2.24. The molecule has 1 N–H and O–H groups in total. The van der Waals surface area contributed by atoms with E-state index in [1.807, 2.05) is 0 Å². The highest BCUT2D eigenvalue weighted by Crippen LogP contribution is 2.18. The van der Waals surface area contributed by atoms with Gasteiger partial charge in [0.25, 0.3) is 0 Å². The van der Waals surface area contributed by atoms with E-state index < -0.39 is 0 Å². The van der Waals surface area contributed by atoms with Gasteiger partial charge in [-0.15, -0.1) is 0 Å². The molecule has 2 rings (SSSR count). The maximum atomic E-state index is 11.7. The van der Waals surface area contributed by atoms with Gasteiger partial charge >= 0.3 is 5.97 Å². The zero-order chi connectivity index (χ0) is 11.2. The third kappa shape index (κ3) is 3.46. The lowest BCUT2D eigenvalue weighted by molar-refractivity contribution is -0.153. The van der Waals surface area contributed by atoms with Crippen LogP contribution in [0.1, 0.15) is 25.7 Å². The number of carbonyl (C=O) groups excluding carboxylic acids is 1. The zero-order valence-electron chi connectivity index (χ0n) is 9.74. The Kier molecular flexibility index (Phi) is 4.60. The monoisotopic (exact) mass is 227 g/mol. The first-order chi connectivity index (χ1) is 7.86. The van der Waals surface area contributed by atoms with Gasteiger partial charge in [0.2, 0.25) is 0 Å². The van der Waals surface area contributed by atoms with Gasteiger partial charge in [0.1, 0.15) is 0 Å². The second-order valence-electron chi connectivity index (χ2n) is 4.71. The molecule has 0 atom stereocenters. The number of hydrogen-bond acceptors (Lipinski definition) is 4. The van der Waals surface area contributed by atoms with Gasteiger partial charge in [-0.1, -0.05) is 0 Å². The molecule has 2 aliphatic rings. The summed E-state index contributed by atoms with van der Waals surface area (Å²) in [7, 11) is 0. The van der Waals surface area contributed by atoms with Crippen LogP contribution in [0.25, 0.3) is 0 Å². The molecule has 2 saturated heterocycles. The van der Waals surface area contributed by atoms with Crippen molar-refractivity contribution in [3.8, 4) is 0 Å². The van der Waals surface area contributed by atoms with Crippen LogP contribution in [0.5, 0.6) is 0 Å². The van der Waals surface area contributed by atoms with Crippen LogP contribution in [0.4, 0.5) is 0 Å². The van der Waals surface area contributed by atoms with Crippen LogP contribution in [0.2, 0.25) is 0 Å². The van der Waals surface area contributed by atoms with Crippen molar-refractivity contribution in [3.05, 3.63) is 0 Å². The lowest BCUT2D eigenvalue weighted by Crippen LogP contribution is -2.32. The van der Waals surface area contributed by atoms with Gasteiger partial charge in [0, 0.05) is 13.2 Å². The lowest BCUT2D eigenvalue weighted by Gasteiger charge is -2.24. The zero-order valence-corrected chi connectivity index (χ0v) is 9.74. The smallest absolute Gasteiger partial charge is 0.309 e. The van der Waals surface area contributed by atoms with Gasteiger partial charge in [-0.05, 0) is 44.7 Å². The van der Waals surface area contributed by atoms with Crippen molar-refractivity contribution < 1.29 is 14.3 Å². The predicted octanol–water partition coefficient (Wildman–Crippen LogP) is 0.956. The van der Waals surface area contributed by atoms with E-state index in [-0.39, 0.29) is 11.9 Å². The van der Waals surface area contributed by atoms with Crippen LogP contribution in [0, 0.1) is 11.8 Å². The molecule has 0 aromatic rings. The Bertz CT molecular complexity index is 220. The van der Waals surface area contributed by atoms with Gasteiger partial charge in [-0.2, -0.15) is 0 Å². The number of hydrogen-bond donors (Lipinski definition) is 1. The van der Waals surface area contributed by atoms with Gasteiger partial charge in [-0.3, -0.25) is 4.79 Å². The van der Waals surface area contributed by atoms with E-state index >= 15 is 0 Å². The molecule has 0 saturated carbocycles. The maximum absolute atomic E-state index is 11.7. The summed E-state index contributed by atoms with van der Waals surface area (Å²) in [5.74, 6) is 0.627. The quantitative estimate of drug-likeness (QED) is 0.729. The van der Waals surface area contributed by atoms with Crippen molar-refractivity contribution in [1.29, 1.82) is 0 Å². The van der Waals surface area contributed by atoms with Crippen LogP contribution in [-0.4, -0.2) is 38.9 Å². The first kappa shape index (κ1) is 11.9. The summed E-state index contributed by atoms with van der Waals surface area (Å²) in [6.07, 6.45) is 3.90. The Morgan fingerprint density at radius 2 is 1.88 bits per heavy atom.